The molecule has 3 heterocycles. The van der Waals surface area contributed by atoms with Gasteiger partial charge in [-0.3, -0.25) is 14.3 Å². The molecule has 0 radical (unpaired) electrons. The third-order valence-corrected chi connectivity index (χ3v) is 5.59. The molecular formula is C23H21ClF3N7O4. The van der Waals surface area contributed by atoms with Crippen molar-refractivity contribution in [3.8, 4) is 17.1 Å². The maximum Gasteiger partial charge on any atom is 0.416 e. The molecular weight excluding hydrogens is 531 g/mol. The van der Waals surface area contributed by atoms with Gasteiger partial charge in [-0.25, -0.2) is 19.1 Å². The lowest BCUT2D eigenvalue weighted by Gasteiger charge is -2.15. The average molecular weight is 552 g/mol. The number of aliphatic hydroxyl groups excluding tert-OH is 1. The first-order valence-corrected chi connectivity index (χ1v) is 11.5. The minimum atomic E-state index is -4.95. The van der Waals surface area contributed by atoms with Crippen LogP contribution in [-0.4, -0.2) is 57.5 Å². The zero-order valence-corrected chi connectivity index (χ0v) is 20.8. The number of carbonyl (C=O) groups excluding carboxylic acids is 1. The van der Waals surface area contributed by atoms with Crippen molar-refractivity contribution in [2.75, 3.05) is 0 Å². The average Bonchev–Trinajstić information content (AvgIpc) is 3.41. The molecule has 0 saturated heterocycles. The molecule has 2 atom stereocenters. The fourth-order valence-electron chi connectivity index (χ4n) is 3.61. The van der Waals surface area contributed by atoms with E-state index < -0.39 is 36.6 Å². The largest absolute Gasteiger partial charge is 0.455 e. The summed E-state index contributed by atoms with van der Waals surface area (Å²) in [7, 11) is 0. The number of ether oxygens (including phenoxy) is 1. The van der Waals surface area contributed by atoms with E-state index in [1.54, 1.807) is 19.1 Å². The van der Waals surface area contributed by atoms with Gasteiger partial charge in [0.15, 0.2) is 29.7 Å². The Morgan fingerprint density at radius 3 is 2.39 bits per heavy atom. The maximum atomic E-state index is 13.2. The second-order valence-corrected chi connectivity index (χ2v) is 8.63. The van der Waals surface area contributed by atoms with Crippen LogP contribution in [0.1, 0.15) is 31.6 Å². The molecule has 11 nitrogen and oxygen atoms in total. The summed E-state index contributed by atoms with van der Waals surface area (Å²) < 4.78 is 47.6. The molecule has 4 rings (SSSR count). The number of halogens is 4. The van der Waals surface area contributed by atoms with E-state index in [-0.39, 0.29) is 24.0 Å². The van der Waals surface area contributed by atoms with Gasteiger partial charge < -0.3 is 9.84 Å². The molecule has 0 unspecified atom stereocenters. The maximum absolute atomic E-state index is 13.2. The molecule has 0 bridgehead atoms. The van der Waals surface area contributed by atoms with Crippen LogP contribution in [-0.2, 0) is 22.6 Å². The number of aromatic nitrogens is 7. The Hall–Kier alpha value is -4.04. The minimum Gasteiger partial charge on any atom is -0.455 e. The smallest absolute Gasteiger partial charge is 0.416 e. The van der Waals surface area contributed by atoms with Crippen LogP contribution in [0, 0.1) is 0 Å². The summed E-state index contributed by atoms with van der Waals surface area (Å²) in [5.41, 5.74) is -0.0760. The van der Waals surface area contributed by atoms with E-state index in [1.165, 1.54) is 48.3 Å². The van der Waals surface area contributed by atoms with E-state index >= 15 is 0 Å². The lowest BCUT2D eigenvalue weighted by molar-refractivity contribution is -0.207. The summed E-state index contributed by atoms with van der Waals surface area (Å²) in [5, 5.41) is 18.6. The van der Waals surface area contributed by atoms with Crippen LogP contribution in [0.2, 0.25) is 5.02 Å². The summed E-state index contributed by atoms with van der Waals surface area (Å²) >= 11 is 5.91. The Labute approximate surface area is 218 Å². The highest BCUT2D eigenvalue weighted by molar-refractivity contribution is 6.30. The van der Waals surface area contributed by atoms with E-state index in [1.807, 2.05) is 0 Å². The lowest BCUT2D eigenvalue weighted by Crippen LogP contribution is -2.37. The van der Waals surface area contributed by atoms with Gasteiger partial charge in [-0.1, -0.05) is 11.6 Å². The molecule has 4 aromatic rings. The fourth-order valence-corrected chi connectivity index (χ4v) is 3.73. The molecule has 38 heavy (non-hydrogen) atoms. The fraction of sp³-hybridized carbons (Fsp3) is 0.304. The van der Waals surface area contributed by atoms with Crippen LogP contribution in [0.5, 0.6) is 0 Å². The highest BCUT2D eigenvalue weighted by Crippen LogP contribution is 2.24. The van der Waals surface area contributed by atoms with E-state index in [2.05, 4.69) is 20.2 Å². The van der Waals surface area contributed by atoms with Crippen molar-refractivity contribution in [1.29, 1.82) is 0 Å². The van der Waals surface area contributed by atoms with Crippen molar-refractivity contribution in [3.05, 3.63) is 75.9 Å². The van der Waals surface area contributed by atoms with Gasteiger partial charge in [-0.2, -0.15) is 13.2 Å². The Kier molecular flexibility index (Phi) is 7.64. The molecule has 1 N–H and O–H groups in total. The summed E-state index contributed by atoms with van der Waals surface area (Å²) in [6.45, 7) is 1.43. The molecule has 200 valence electrons. The number of carbonyl (C=O) groups is 1. The van der Waals surface area contributed by atoms with E-state index in [0.29, 0.717) is 16.3 Å². The molecule has 3 aromatic heterocycles. The zero-order valence-electron chi connectivity index (χ0n) is 20.0. The van der Waals surface area contributed by atoms with E-state index in [0.717, 1.165) is 9.25 Å². The monoisotopic (exact) mass is 551 g/mol. The number of benzene rings is 1. The predicted octanol–water partition coefficient (Wildman–Crippen LogP) is 2.94. The molecule has 0 aliphatic carbocycles. The lowest BCUT2D eigenvalue weighted by atomic mass is 10.2. The van der Waals surface area contributed by atoms with Gasteiger partial charge in [-0.15, -0.1) is 10.2 Å². The number of pyridine rings is 1. The van der Waals surface area contributed by atoms with Crippen LogP contribution in [0.15, 0.2) is 53.6 Å². The number of alkyl halides is 3. The number of aliphatic hydroxyl groups is 1. The zero-order chi connectivity index (χ0) is 27.6. The van der Waals surface area contributed by atoms with Gasteiger partial charge >= 0.3 is 17.8 Å². The van der Waals surface area contributed by atoms with Gasteiger partial charge in [-0.05, 0) is 43.3 Å². The highest BCUT2D eigenvalue weighted by Gasteiger charge is 2.39. The van der Waals surface area contributed by atoms with Crippen molar-refractivity contribution in [2.24, 2.45) is 0 Å². The Balaban J connectivity index is 1.77. The second-order valence-electron chi connectivity index (χ2n) is 8.19. The first-order chi connectivity index (χ1) is 17.9. The van der Waals surface area contributed by atoms with Gasteiger partial charge in [0.05, 0.1) is 12.2 Å². The van der Waals surface area contributed by atoms with E-state index in [9.17, 15) is 27.9 Å². The van der Waals surface area contributed by atoms with Crippen molar-refractivity contribution in [2.45, 2.75) is 45.3 Å². The van der Waals surface area contributed by atoms with Crippen LogP contribution in [0.4, 0.5) is 13.2 Å². The first-order valence-electron chi connectivity index (χ1n) is 11.2. The van der Waals surface area contributed by atoms with Crippen LogP contribution in [0.3, 0.4) is 0 Å². The normalized spacial score (nSPS) is 13.3. The van der Waals surface area contributed by atoms with E-state index in [4.69, 9.17) is 16.3 Å². The predicted molar refractivity (Wildman–Crippen MR) is 127 cm³/mol. The molecule has 15 heteroatoms. The third kappa shape index (κ3) is 5.92. The molecule has 0 aliphatic rings. The summed E-state index contributed by atoms with van der Waals surface area (Å²) in [4.78, 5) is 33.0. The number of hydrogen-bond donors (Lipinski definition) is 1. The van der Waals surface area contributed by atoms with Crippen LogP contribution in [0.25, 0.3) is 17.1 Å². The van der Waals surface area contributed by atoms with Crippen LogP contribution >= 0.6 is 11.6 Å². The third-order valence-electron chi connectivity index (χ3n) is 5.34. The van der Waals surface area contributed by atoms with Crippen molar-refractivity contribution in [3.63, 3.8) is 0 Å². The molecule has 0 amide bonds. The minimum absolute atomic E-state index is 0.0709. The van der Waals surface area contributed by atoms with Crippen LogP contribution < -0.4 is 5.69 Å². The Bertz CT molecular complexity index is 1480. The molecule has 1 aromatic carbocycles. The highest BCUT2D eigenvalue weighted by atomic mass is 35.5. The SMILES string of the molecule is CC(=O)O[C@@H](C)c1nc(Cn2nc(-c3ccc(Cl)cc3)n(C[C@H](O)C(F)(F)F)c2=O)nn1-c1ccncc1. The van der Waals surface area contributed by atoms with Crippen molar-refractivity contribution in [1.82, 2.24) is 34.1 Å². The van der Waals surface area contributed by atoms with Gasteiger partial charge in [0.2, 0.25) is 0 Å². The topological polar surface area (TPSA) is 130 Å². The number of esters is 1. The Morgan fingerprint density at radius 1 is 1.13 bits per heavy atom. The molecule has 0 fully saturated rings. The quantitative estimate of drug-likeness (QED) is 0.331. The molecule has 0 spiro atoms. The second kappa shape index (κ2) is 10.8. The first kappa shape index (κ1) is 27.0. The number of hydrogen-bond acceptors (Lipinski definition) is 8. The van der Waals surface area contributed by atoms with Crippen molar-refractivity contribution < 1.29 is 27.8 Å². The summed E-state index contributed by atoms with van der Waals surface area (Å²) in [5.74, 6) is -0.355. The number of rotatable bonds is 8. The van der Waals surface area contributed by atoms with Gasteiger partial charge in [0, 0.05) is 29.9 Å². The van der Waals surface area contributed by atoms with Crippen molar-refractivity contribution >= 4 is 17.6 Å². The van der Waals surface area contributed by atoms with Gasteiger partial charge in [0.25, 0.3) is 0 Å². The van der Waals surface area contributed by atoms with Gasteiger partial charge in [0.1, 0.15) is 6.54 Å². The molecule has 0 aliphatic heterocycles. The standard InChI is InChI=1S/C23H21ClF3N7O4/c1-13(38-14(2)35)20-29-19(30-34(20)17-7-9-28-10-8-17)12-33-22(37)32(11-18(36)23(25,26)27)21(31-33)15-3-5-16(24)6-4-15/h3-10,13,18,36H,11-12H2,1-2H3/t13-,18-/m0/s1. The molecule has 0 saturated carbocycles. The number of nitrogens with zero attached hydrogens (tertiary/aromatic N) is 7. The summed E-state index contributed by atoms with van der Waals surface area (Å²) in [6, 6.07) is 9.23. The Morgan fingerprint density at radius 2 is 1.79 bits per heavy atom. The summed E-state index contributed by atoms with van der Waals surface area (Å²) in [6.07, 6.45) is -5.53.